The van der Waals surface area contributed by atoms with E-state index in [0.29, 0.717) is 24.8 Å². The highest BCUT2D eigenvalue weighted by Crippen LogP contribution is 2.36. The van der Waals surface area contributed by atoms with Gasteiger partial charge in [0, 0.05) is 24.3 Å². The van der Waals surface area contributed by atoms with Crippen molar-refractivity contribution in [3.8, 4) is 11.5 Å². The van der Waals surface area contributed by atoms with Crippen LogP contribution in [0.2, 0.25) is 0 Å². The standard InChI is InChI=1S/C30H34F3NO9/c31-30(32,33)21-9-7-10-23(16-21)41-19-22(35)14-15-25-24(26(36)17-27(25)37)11-3-1-2-4-13-29(38)43-28-12-6-5-8-20(28)18-42-34(39)40/h1,3,5-10,12,14-16,22,24-27,35-37H,2,4,11,13,17-19H2/t22-,24-,25-,26+,27-/m1/s1. The van der Waals surface area contributed by atoms with Crippen molar-refractivity contribution in [3.63, 3.8) is 0 Å². The van der Waals surface area contributed by atoms with E-state index in [1.54, 1.807) is 24.3 Å². The van der Waals surface area contributed by atoms with Gasteiger partial charge >= 0.3 is 12.1 Å². The van der Waals surface area contributed by atoms with Crippen molar-refractivity contribution in [3.05, 3.63) is 94.1 Å². The zero-order valence-corrected chi connectivity index (χ0v) is 23.1. The molecule has 5 atom stereocenters. The van der Waals surface area contributed by atoms with E-state index in [1.807, 2.05) is 12.2 Å². The molecule has 0 bridgehead atoms. The third kappa shape index (κ3) is 11.0. The van der Waals surface area contributed by atoms with E-state index in [1.165, 1.54) is 24.3 Å². The van der Waals surface area contributed by atoms with Crippen LogP contribution in [-0.4, -0.2) is 51.3 Å². The minimum Gasteiger partial charge on any atom is -0.491 e. The van der Waals surface area contributed by atoms with E-state index >= 15 is 0 Å². The molecule has 0 spiro atoms. The topological polar surface area (TPSA) is 149 Å². The molecule has 0 unspecified atom stereocenters. The predicted octanol–water partition coefficient (Wildman–Crippen LogP) is 4.79. The fraction of sp³-hybridized carbons (Fsp3) is 0.433. The molecule has 0 amide bonds. The summed E-state index contributed by atoms with van der Waals surface area (Å²) in [6.45, 7) is -0.641. The summed E-state index contributed by atoms with van der Waals surface area (Å²) in [4.78, 5) is 27.0. The van der Waals surface area contributed by atoms with Crippen molar-refractivity contribution in [2.75, 3.05) is 6.61 Å². The van der Waals surface area contributed by atoms with Gasteiger partial charge in [-0.05, 0) is 49.4 Å². The first kappa shape index (κ1) is 33.6. The van der Waals surface area contributed by atoms with Crippen LogP contribution in [0, 0.1) is 22.0 Å². The molecule has 2 aromatic carbocycles. The Labute approximate surface area is 246 Å². The number of carbonyl (C=O) groups is 1. The Balaban J connectivity index is 1.42. The zero-order chi connectivity index (χ0) is 31.4. The Morgan fingerprint density at radius 1 is 1.12 bits per heavy atom. The molecule has 0 aromatic heterocycles. The number of carbonyl (C=O) groups excluding carboxylic acids is 1. The van der Waals surface area contributed by atoms with Gasteiger partial charge in [-0.25, -0.2) is 0 Å². The number of alkyl halides is 3. The Morgan fingerprint density at radius 2 is 1.88 bits per heavy atom. The van der Waals surface area contributed by atoms with Gasteiger partial charge in [-0.15, -0.1) is 10.1 Å². The highest BCUT2D eigenvalue weighted by molar-refractivity contribution is 5.72. The number of esters is 1. The highest BCUT2D eigenvalue weighted by Gasteiger charge is 2.39. The average molecular weight is 610 g/mol. The number of aliphatic hydroxyl groups excluding tert-OH is 3. The lowest BCUT2D eigenvalue weighted by atomic mass is 9.89. The first-order chi connectivity index (χ1) is 20.4. The van der Waals surface area contributed by atoms with Crippen LogP contribution in [0.3, 0.4) is 0 Å². The van der Waals surface area contributed by atoms with Crippen LogP contribution in [0.15, 0.2) is 72.8 Å². The van der Waals surface area contributed by atoms with Crippen molar-refractivity contribution >= 4 is 5.97 Å². The molecule has 3 rings (SSSR count). The van der Waals surface area contributed by atoms with Gasteiger partial charge < -0.3 is 29.6 Å². The minimum atomic E-state index is -4.51. The van der Waals surface area contributed by atoms with E-state index in [-0.39, 0.29) is 43.5 Å². The Hall–Kier alpha value is -3.94. The molecule has 1 aliphatic carbocycles. The number of hydrogen-bond donors (Lipinski definition) is 3. The Kier molecular flexibility index (Phi) is 12.5. The second kappa shape index (κ2) is 16.1. The maximum Gasteiger partial charge on any atom is 0.416 e. The molecule has 13 heteroatoms. The average Bonchev–Trinajstić information content (AvgIpc) is 3.23. The lowest BCUT2D eigenvalue weighted by Gasteiger charge is -2.19. The predicted molar refractivity (Wildman–Crippen MR) is 147 cm³/mol. The number of benzene rings is 2. The van der Waals surface area contributed by atoms with Gasteiger partial charge in [0.15, 0.2) is 0 Å². The van der Waals surface area contributed by atoms with Crippen LogP contribution >= 0.6 is 0 Å². The molecule has 43 heavy (non-hydrogen) atoms. The van der Waals surface area contributed by atoms with Gasteiger partial charge in [-0.3, -0.25) is 4.79 Å². The van der Waals surface area contributed by atoms with Gasteiger partial charge in [0.2, 0.25) is 0 Å². The van der Waals surface area contributed by atoms with Gasteiger partial charge in [-0.2, -0.15) is 13.2 Å². The fourth-order valence-electron chi connectivity index (χ4n) is 4.72. The maximum absolute atomic E-state index is 12.9. The number of para-hydroxylation sites is 1. The van der Waals surface area contributed by atoms with Crippen molar-refractivity contribution in [2.45, 2.75) is 63.2 Å². The molecule has 1 fully saturated rings. The number of rotatable bonds is 15. The molecule has 0 heterocycles. The van der Waals surface area contributed by atoms with Crippen LogP contribution in [-0.2, 0) is 22.4 Å². The third-order valence-electron chi connectivity index (χ3n) is 6.90. The quantitative estimate of drug-likeness (QED) is 0.0647. The van der Waals surface area contributed by atoms with Crippen LogP contribution in [0.5, 0.6) is 11.5 Å². The van der Waals surface area contributed by atoms with E-state index in [2.05, 4.69) is 4.84 Å². The number of halogens is 3. The van der Waals surface area contributed by atoms with Gasteiger partial charge in [0.1, 0.15) is 30.8 Å². The number of ether oxygens (including phenoxy) is 2. The molecule has 0 radical (unpaired) electrons. The molecular formula is C30H34F3NO9. The summed E-state index contributed by atoms with van der Waals surface area (Å²) in [6.07, 6.45) is 1.09. The van der Waals surface area contributed by atoms with E-state index in [9.17, 15) is 43.4 Å². The molecule has 1 saturated carbocycles. The molecule has 0 aliphatic heterocycles. The number of nitrogens with zero attached hydrogens (tertiary/aromatic N) is 1. The highest BCUT2D eigenvalue weighted by atomic mass is 19.4. The van der Waals surface area contributed by atoms with Crippen molar-refractivity contribution < 1.29 is 52.7 Å². The number of aliphatic hydroxyl groups is 3. The molecule has 0 saturated heterocycles. The van der Waals surface area contributed by atoms with Gasteiger partial charge in [0.25, 0.3) is 5.09 Å². The maximum atomic E-state index is 12.9. The Morgan fingerprint density at radius 3 is 2.63 bits per heavy atom. The molecule has 3 N–H and O–H groups in total. The SMILES string of the molecule is O=C(CCCC=CC[C@@H]1[C@@H](C=C[C@@H](O)COc2cccc(C(F)(F)F)c2)[C@H](O)C[C@@H]1O)Oc1ccccc1CO[N+](=O)[O-]. The monoisotopic (exact) mass is 609 g/mol. The summed E-state index contributed by atoms with van der Waals surface area (Å²) in [5, 5.41) is 40.6. The second-order valence-corrected chi connectivity index (χ2v) is 10.1. The van der Waals surface area contributed by atoms with Crippen molar-refractivity contribution in [2.24, 2.45) is 11.8 Å². The normalized spacial score (nSPS) is 21.3. The summed E-state index contributed by atoms with van der Waals surface area (Å²) in [6, 6.07) is 10.7. The van der Waals surface area contributed by atoms with Crippen molar-refractivity contribution in [1.29, 1.82) is 0 Å². The minimum absolute atomic E-state index is 0.0398. The largest absolute Gasteiger partial charge is 0.491 e. The molecular weight excluding hydrogens is 575 g/mol. The summed E-state index contributed by atoms with van der Waals surface area (Å²) < 4.78 is 49.2. The second-order valence-electron chi connectivity index (χ2n) is 10.1. The molecule has 10 nitrogen and oxygen atoms in total. The van der Waals surface area contributed by atoms with Crippen LogP contribution in [0.25, 0.3) is 0 Å². The lowest BCUT2D eigenvalue weighted by Crippen LogP contribution is -2.21. The van der Waals surface area contributed by atoms with E-state index in [4.69, 9.17) is 9.47 Å². The van der Waals surface area contributed by atoms with Crippen molar-refractivity contribution in [1.82, 2.24) is 0 Å². The van der Waals surface area contributed by atoms with Crippen LogP contribution in [0.1, 0.15) is 43.2 Å². The van der Waals surface area contributed by atoms with E-state index < -0.39 is 47.0 Å². The lowest BCUT2D eigenvalue weighted by molar-refractivity contribution is -0.763. The number of hydrogen-bond acceptors (Lipinski definition) is 9. The molecule has 2 aromatic rings. The zero-order valence-electron chi connectivity index (χ0n) is 23.1. The first-order valence-corrected chi connectivity index (χ1v) is 13.7. The van der Waals surface area contributed by atoms with Crippen LogP contribution < -0.4 is 9.47 Å². The third-order valence-corrected chi connectivity index (χ3v) is 6.90. The first-order valence-electron chi connectivity index (χ1n) is 13.7. The number of unbranched alkanes of at least 4 members (excludes halogenated alkanes) is 1. The summed E-state index contributed by atoms with van der Waals surface area (Å²) in [7, 11) is 0. The summed E-state index contributed by atoms with van der Waals surface area (Å²) >= 11 is 0. The Bertz CT molecular complexity index is 1270. The van der Waals surface area contributed by atoms with Gasteiger partial charge in [-0.1, -0.05) is 48.6 Å². The smallest absolute Gasteiger partial charge is 0.416 e. The van der Waals surface area contributed by atoms with E-state index in [0.717, 1.165) is 12.1 Å². The summed E-state index contributed by atoms with van der Waals surface area (Å²) in [5.41, 5.74) is -0.498. The number of allylic oxidation sites excluding steroid dienone is 2. The van der Waals surface area contributed by atoms with Gasteiger partial charge in [0.05, 0.1) is 17.8 Å². The molecule has 1 aliphatic rings. The molecule has 234 valence electrons. The summed E-state index contributed by atoms with van der Waals surface area (Å²) in [5.74, 6) is -1.15. The van der Waals surface area contributed by atoms with Crippen LogP contribution in [0.4, 0.5) is 13.2 Å². The fourth-order valence-corrected chi connectivity index (χ4v) is 4.72.